The SMILES string of the molecule is CC(=O)SCc1c2nc(c(-c3ccc(C)cc3)c3ccc([nH]3)c(-c3ccc(C(F)(F)F)cc3)c3nc(c(-c4ccc(C)cc4)c4ccc1[nH]4)C=C3)C=C2. The molecule has 0 unspecified atom stereocenters. The lowest BCUT2D eigenvalue weighted by Crippen LogP contribution is -2.04. The minimum Gasteiger partial charge on any atom is -0.355 e. The third kappa shape index (κ3) is 6.76. The Morgan fingerprint density at radius 1 is 0.566 bits per heavy atom. The van der Waals surface area contributed by atoms with Crippen molar-refractivity contribution >= 4 is 63.2 Å². The second-order valence-electron chi connectivity index (χ2n) is 13.2. The Labute approximate surface area is 308 Å². The predicted molar refractivity (Wildman–Crippen MR) is 212 cm³/mol. The van der Waals surface area contributed by atoms with Gasteiger partial charge in [-0.2, -0.15) is 13.2 Å². The molecule has 0 fully saturated rings. The molecule has 0 saturated heterocycles. The number of carbonyl (C=O) groups excluding carboxylic acids is 1. The monoisotopic (exact) mass is 722 g/mol. The summed E-state index contributed by atoms with van der Waals surface area (Å²) in [5.74, 6) is 0.419. The van der Waals surface area contributed by atoms with Crippen molar-refractivity contribution in [3.63, 3.8) is 0 Å². The van der Waals surface area contributed by atoms with Crippen molar-refractivity contribution in [1.29, 1.82) is 0 Å². The molecule has 5 nitrogen and oxygen atoms in total. The number of hydrogen-bond donors (Lipinski definition) is 2. The first-order valence-electron chi connectivity index (χ1n) is 17.1. The largest absolute Gasteiger partial charge is 0.416 e. The number of thioether (sulfide) groups is 1. The Balaban J connectivity index is 1.52. The van der Waals surface area contributed by atoms with Gasteiger partial charge in [0, 0.05) is 57.0 Å². The summed E-state index contributed by atoms with van der Waals surface area (Å²) in [6, 6.07) is 29.6. The lowest BCUT2D eigenvalue weighted by atomic mass is 10.0. The van der Waals surface area contributed by atoms with Crippen LogP contribution in [0.4, 0.5) is 13.2 Å². The number of rotatable bonds is 5. The maximum Gasteiger partial charge on any atom is 0.416 e. The van der Waals surface area contributed by atoms with Gasteiger partial charge < -0.3 is 9.97 Å². The summed E-state index contributed by atoms with van der Waals surface area (Å²) in [6.45, 7) is 5.63. The minimum atomic E-state index is -4.47. The number of fused-ring (bicyclic) bond motifs is 8. The standard InChI is InChI=1S/C44H33F3N4OS/c1-25-4-8-28(9-5-25)41-35-18-16-33(48-35)32(24-53-27(3)52)34-17-19-36(49-34)42(29-10-6-26(2)7-11-29)38-21-23-40(51-38)43(39-22-20-37(41)50-39)30-12-14-31(15-13-30)44(45,46)47/h4-23,48,51H,24H2,1-3H3. The number of hydrogen-bond acceptors (Lipinski definition) is 4. The van der Waals surface area contributed by atoms with Gasteiger partial charge in [-0.1, -0.05) is 83.6 Å². The molecule has 0 radical (unpaired) electrons. The summed E-state index contributed by atoms with van der Waals surface area (Å²) in [5.41, 5.74) is 13.2. The highest BCUT2D eigenvalue weighted by molar-refractivity contribution is 8.12. The van der Waals surface area contributed by atoms with Gasteiger partial charge >= 0.3 is 6.18 Å². The van der Waals surface area contributed by atoms with Crippen LogP contribution in [-0.2, 0) is 16.7 Å². The normalized spacial score (nSPS) is 12.4. The molecule has 5 heterocycles. The zero-order valence-electron chi connectivity index (χ0n) is 29.1. The smallest absolute Gasteiger partial charge is 0.355 e. The second kappa shape index (κ2) is 13.6. The fourth-order valence-electron chi connectivity index (χ4n) is 6.77. The summed E-state index contributed by atoms with van der Waals surface area (Å²) in [7, 11) is 0. The van der Waals surface area contributed by atoms with Crippen LogP contribution in [0.5, 0.6) is 0 Å². The molecule has 3 aromatic heterocycles. The van der Waals surface area contributed by atoms with Gasteiger partial charge in [-0.25, -0.2) is 9.97 Å². The van der Waals surface area contributed by atoms with Crippen molar-refractivity contribution in [2.45, 2.75) is 32.7 Å². The van der Waals surface area contributed by atoms with Gasteiger partial charge in [0.2, 0.25) is 0 Å². The Bertz CT molecular complexity index is 2590. The van der Waals surface area contributed by atoms with E-state index in [2.05, 4.69) is 34.2 Å². The second-order valence-corrected chi connectivity index (χ2v) is 14.3. The summed E-state index contributed by atoms with van der Waals surface area (Å²) in [6.07, 6.45) is 3.36. The number of aryl methyl sites for hydroxylation is 2. The molecular formula is C44H33F3N4OS. The van der Waals surface area contributed by atoms with E-state index in [1.54, 1.807) is 6.92 Å². The molecule has 262 valence electrons. The Morgan fingerprint density at radius 2 is 0.943 bits per heavy atom. The highest BCUT2D eigenvalue weighted by atomic mass is 32.2. The zero-order chi connectivity index (χ0) is 36.9. The Kier molecular flexibility index (Phi) is 8.74. The van der Waals surface area contributed by atoms with E-state index in [0.29, 0.717) is 33.8 Å². The van der Waals surface area contributed by atoms with Crippen molar-refractivity contribution in [3.05, 3.63) is 142 Å². The van der Waals surface area contributed by atoms with E-state index in [1.165, 1.54) is 23.9 Å². The first kappa shape index (κ1) is 34.2. The van der Waals surface area contributed by atoms with E-state index in [9.17, 15) is 18.0 Å². The highest BCUT2D eigenvalue weighted by Crippen LogP contribution is 2.38. The van der Waals surface area contributed by atoms with E-state index >= 15 is 0 Å². The molecule has 0 amide bonds. The summed E-state index contributed by atoms with van der Waals surface area (Å²) < 4.78 is 41.0. The summed E-state index contributed by atoms with van der Waals surface area (Å²) >= 11 is 1.23. The fourth-order valence-corrected chi connectivity index (χ4v) is 7.42. The third-order valence-corrected chi connectivity index (χ3v) is 10.3. The van der Waals surface area contributed by atoms with Crippen LogP contribution in [0, 0.1) is 13.8 Å². The Morgan fingerprint density at radius 3 is 1.38 bits per heavy atom. The predicted octanol–water partition coefficient (Wildman–Crippen LogP) is 12.1. The van der Waals surface area contributed by atoms with Crippen LogP contribution in [0.3, 0.4) is 0 Å². The van der Waals surface area contributed by atoms with E-state index in [0.717, 1.165) is 79.0 Å². The number of nitrogens with one attached hydrogen (secondary N) is 2. The van der Waals surface area contributed by atoms with Crippen LogP contribution in [0.2, 0.25) is 0 Å². The average Bonchev–Trinajstić information content (AvgIpc) is 3.97. The molecule has 2 aliphatic heterocycles. The van der Waals surface area contributed by atoms with Crippen LogP contribution in [0.15, 0.2) is 97.1 Å². The quantitative estimate of drug-likeness (QED) is 0.185. The molecule has 0 spiro atoms. The topological polar surface area (TPSA) is 74.4 Å². The summed E-state index contributed by atoms with van der Waals surface area (Å²) in [4.78, 5) is 29.9. The van der Waals surface area contributed by atoms with Gasteiger partial charge in [-0.15, -0.1) is 0 Å². The first-order chi connectivity index (χ1) is 25.5. The van der Waals surface area contributed by atoms with E-state index in [-0.39, 0.29) is 5.12 Å². The number of carbonyl (C=O) groups is 1. The number of alkyl halides is 3. The highest BCUT2D eigenvalue weighted by Gasteiger charge is 2.30. The number of halogens is 3. The molecule has 0 aliphatic carbocycles. The lowest BCUT2D eigenvalue weighted by Gasteiger charge is -2.09. The van der Waals surface area contributed by atoms with Gasteiger partial charge in [-0.3, -0.25) is 4.79 Å². The maximum atomic E-state index is 13.7. The molecule has 3 aromatic carbocycles. The van der Waals surface area contributed by atoms with Crippen molar-refractivity contribution in [2.24, 2.45) is 0 Å². The van der Waals surface area contributed by atoms with Crippen LogP contribution in [0.1, 0.15) is 52.0 Å². The van der Waals surface area contributed by atoms with Crippen molar-refractivity contribution in [2.75, 3.05) is 0 Å². The van der Waals surface area contributed by atoms with Crippen LogP contribution in [-0.4, -0.2) is 25.1 Å². The number of nitrogens with zero attached hydrogens (tertiary/aromatic N) is 2. The Hall–Kier alpha value is -5.93. The number of aromatic amines is 2. The number of benzene rings is 3. The first-order valence-corrected chi connectivity index (χ1v) is 18.1. The molecule has 53 heavy (non-hydrogen) atoms. The maximum absolute atomic E-state index is 13.7. The van der Waals surface area contributed by atoms with Crippen molar-refractivity contribution < 1.29 is 18.0 Å². The van der Waals surface area contributed by atoms with Crippen LogP contribution < -0.4 is 0 Å². The molecule has 8 rings (SSSR count). The van der Waals surface area contributed by atoms with Gasteiger partial charge in [0.25, 0.3) is 0 Å². The zero-order valence-corrected chi connectivity index (χ0v) is 29.9. The molecular weight excluding hydrogens is 690 g/mol. The van der Waals surface area contributed by atoms with Crippen molar-refractivity contribution in [3.8, 4) is 33.4 Å². The molecule has 9 heteroatoms. The van der Waals surface area contributed by atoms with Gasteiger partial charge in [0.1, 0.15) is 0 Å². The average molecular weight is 723 g/mol. The number of H-pyrrole nitrogens is 2. The third-order valence-electron chi connectivity index (χ3n) is 9.46. The van der Waals surface area contributed by atoms with Gasteiger partial charge in [-0.05, 0) is 91.2 Å². The van der Waals surface area contributed by atoms with Crippen LogP contribution in [0.25, 0.3) is 79.8 Å². The van der Waals surface area contributed by atoms with Gasteiger partial charge in [0.05, 0.1) is 28.3 Å². The summed E-state index contributed by atoms with van der Waals surface area (Å²) in [5, 5.41) is 0.00884. The molecule has 2 N–H and O–H groups in total. The molecule has 2 aliphatic rings. The molecule has 0 atom stereocenters. The fraction of sp³-hybridized carbons (Fsp3) is 0.114. The van der Waals surface area contributed by atoms with Crippen LogP contribution >= 0.6 is 11.8 Å². The number of aromatic nitrogens is 4. The van der Waals surface area contributed by atoms with E-state index in [1.807, 2.05) is 86.7 Å². The minimum absolute atomic E-state index is 0.00884. The molecule has 0 saturated carbocycles. The lowest BCUT2D eigenvalue weighted by molar-refractivity contribution is -0.137. The van der Waals surface area contributed by atoms with Gasteiger partial charge in [0.15, 0.2) is 5.12 Å². The van der Waals surface area contributed by atoms with E-state index < -0.39 is 11.7 Å². The molecule has 6 aromatic rings. The van der Waals surface area contributed by atoms with E-state index in [4.69, 9.17) is 9.97 Å². The molecule has 8 bridgehead atoms. The van der Waals surface area contributed by atoms with Crippen molar-refractivity contribution in [1.82, 2.24) is 19.9 Å².